The maximum absolute atomic E-state index is 6.00. The number of hydrogen-bond donors (Lipinski definition) is 3. The van der Waals surface area contributed by atoms with Gasteiger partial charge in [-0.25, -0.2) is 0 Å². The molecule has 0 unspecified atom stereocenters. The van der Waals surface area contributed by atoms with Crippen LogP contribution in [0.2, 0.25) is 5.02 Å². The molecule has 0 bridgehead atoms. The maximum Gasteiger partial charge on any atom is 0.248 e. The van der Waals surface area contributed by atoms with Crippen LogP contribution in [0.3, 0.4) is 0 Å². The second-order valence-corrected chi connectivity index (χ2v) is 7.71. The highest BCUT2D eigenvalue weighted by Crippen LogP contribution is 2.22. The molecular formula is C18H23ClN8S. The molecule has 2 fully saturated rings. The Hall–Kier alpha value is -2.39. The maximum atomic E-state index is 6.00. The lowest BCUT2D eigenvalue weighted by Gasteiger charge is -2.21. The lowest BCUT2D eigenvalue weighted by molar-refractivity contribution is 0.834. The van der Waals surface area contributed by atoms with Crippen molar-refractivity contribution in [3.05, 3.63) is 29.3 Å². The second kappa shape index (κ2) is 8.74. The number of nitrogens with zero attached hydrogens (tertiary/aromatic N) is 5. The molecule has 0 amide bonds. The zero-order valence-electron chi connectivity index (χ0n) is 15.5. The minimum atomic E-state index is 0.396. The Morgan fingerprint density at radius 1 is 0.929 bits per heavy atom. The molecule has 2 aliphatic heterocycles. The van der Waals surface area contributed by atoms with Crippen molar-refractivity contribution in [2.45, 2.75) is 25.7 Å². The summed E-state index contributed by atoms with van der Waals surface area (Å²) in [7, 11) is 0. The van der Waals surface area contributed by atoms with Crippen LogP contribution in [0, 0.1) is 0 Å². The first-order valence-electron chi connectivity index (χ1n) is 9.52. The van der Waals surface area contributed by atoms with E-state index in [4.69, 9.17) is 28.8 Å². The quantitative estimate of drug-likeness (QED) is 0.501. The van der Waals surface area contributed by atoms with Crippen LogP contribution < -0.4 is 26.0 Å². The molecule has 2 saturated heterocycles. The van der Waals surface area contributed by atoms with E-state index in [2.05, 4.69) is 35.9 Å². The third-order valence-corrected chi connectivity index (χ3v) is 5.20. The molecule has 0 spiro atoms. The summed E-state index contributed by atoms with van der Waals surface area (Å²) in [5.74, 6) is 1.88. The fraction of sp³-hybridized carbons (Fsp3) is 0.444. The van der Waals surface area contributed by atoms with Gasteiger partial charge in [-0.15, -0.1) is 0 Å². The highest BCUT2D eigenvalue weighted by Gasteiger charge is 2.21. The van der Waals surface area contributed by atoms with E-state index < -0.39 is 0 Å². The first kappa shape index (κ1) is 18.9. The van der Waals surface area contributed by atoms with Gasteiger partial charge in [-0.05, 0) is 56.1 Å². The predicted octanol–water partition coefficient (Wildman–Crippen LogP) is 3.04. The van der Waals surface area contributed by atoms with Crippen molar-refractivity contribution in [2.75, 3.05) is 46.7 Å². The summed E-state index contributed by atoms with van der Waals surface area (Å²) in [6.45, 7) is 3.91. The Labute approximate surface area is 174 Å². The molecule has 3 N–H and O–H groups in total. The second-order valence-electron chi connectivity index (χ2n) is 6.86. The van der Waals surface area contributed by atoms with Gasteiger partial charge in [0.25, 0.3) is 0 Å². The van der Waals surface area contributed by atoms with Crippen molar-refractivity contribution >= 4 is 52.5 Å². The van der Waals surface area contributed by atoms with E-state index in [9.17, 15) is 0 Å². The van der Waals surface area contributed by atoms with Gasteiger partial charge >= 0.3 is 0 Å². The first-order valence-corrected chi connectivity index (χ1v) is 10.3. The summed E-state index contributed by atoms with van der Waals surface area (Å²) in [4.78, 5) is 18.3. The molecule has 0 radical (unpaired) electrons. The molecule has 2 aromatic rings. The van der Waals surface area contributed by atoms with Crippen molar-refractivity contribution < 1.29 is 0 Å². The standard InChI is InChI=1S/C18H23ClN8S/c19-13-6-5-7-14(12-13)20-18(28)25-24-15-21-16(26-8-1-2-9-26)23-17(22-15)27-10-3-4-11-27/h5-7,12H,1-4,8-11H2,(H2,20,25,28)(H,21,22,23,24). The SMILES string of the molecule is S=C(NNc1nc(N2CCCC2)nc(N2CCCC2)n1)Nc1cccc(Cl)c1. The Kier molecular flexibility index (Phi) is 5.92. The normalized spacial score (nSPS) is 16.3. The van der Waals surface area contributed by atoms with Crippen molar-refractivity contribution in [1.82, 2.24) is 20.4 Å². The smallest absolute Gasteiger partial charge is 0.248 e. The lowest BCUT2D eigenvalue weighted by Crippen LogP contribution is -2.35. The zero-order chi connectivity index (χ0) is 19.3. The van der Waals surface area contributed by atoms with Gasteiger partial charge in [-0.3, -0.25) is 10.9 Å². The van der Waals surface area contributed by atoms with Crippen molar-refractivity contribution in [3.63, 3.8) is 0 Å². The molecule has 8 nitrogen and oxygen atoms in total. The number of nitrogens with one attached hydrogen (secondary N) is 3. The summed E-state index contributed by atoms with van der Waals surface area (Å²) in [6, 6.07) is 7.36. The first-order chi connectivity index (χ1) is 13.7. The highest BCUT2D eigenvalue weighted by molar-refractivity contribution is 7.80. The van der Waals surface area contributed by atoms with E-state index in [-0.39, 0.29) is 0 Å². The summed E-state index contributed by atoms with van der Waals surface area (Å²) >= 11 is 11.3. The number of hydrazine groups is 1. The van der Waals surface area contributed by atoms with Crippen LogP contribution >= 0.6 is 23.8 Å². The summed E-state index contributed by atoms with van der Waals surface area (Å²) < 4.78 is 0. The average Bonchev–Trinajstić information content (AvgIpc) is 3.40. The minimum absolute atomic E-state index is 0.396. The van der Waals surface area contributed by atoms with Crippen molar-refractivity contribution in [3.8, 4) is 0 Å². The molecule has 4 rings (SSSR count). The van der Waals surface area contributed by atoms with Gasteiger partial charge in [0.15, 0.2) is 5.11 Å². The third-order valence-electron chi connectivity index (χ3n) is 4.76. The van der Waals surface area contributed by atoms with Gasteiger partial charge in [0, 0.05) is 36.9 Å². The van der Waals surface area contributed by atoms with Gasteiger partial charge in [0.2, 0.25) is 17.8 Å². The Bertz CT molecular complexity index is 802. The largest absolute Gasteiger partial charge is 0.341 e. The molecule has 0 atom stereocenters. The van der Waals surface area contributed by atoms with Gasteiger partial charge in [-0.2, -0.15) is 15.0 Å². The molecule has 0 aliphatic carbocycles. The van der Waals surface area contributed by atoms with Crippen LogP contribution in [0.4, 0.5) is 23.5 Å². The lowest BCUT2D eigenvalue weighted by atomic mass is 10.3. The molecule has 2 aliphatic rings. The molecule has 28 heavy (non-hydrogen) atoms. The molecule has 0 saturated carbocycles. The van der Waals surface area contributed by atoms with E-state index >= 15 is 0 Å². The minimum Gasteiger partial charge on any atom is -0.341 e. The molecule has 1 aromatic carbocycles. The molecule has 1 aromatic heterocycles. The Morgan fingerprint density at radius 2 is 1.54 bits per heavy atom. The van der Waals surface area contributed by atoms with Gasteiger partial charge in [-0.1, -0.05) is 17.7 Å². The number of rotatable bonds is 5. The Balaban J connectivity index is 1.45. The van der Waals surface area contributed by atoms with Crippen LogP contribution in [-0.2, 0) is 0 Å². The van der Waals surface area contributed by atoms with E-state index in [0.717, 1.165) is 31.9 Å². The number of hydrogen-bond acceptors (Lipinski definition) is 7. The number of halogens is 1. The van der Waals surface area contributed by atoms with Crippen LogP contribution in [0.5, 0.6) is 0 Å². The molecule has 148 valence electrons. The number of aromatic nitrogens is 3. The number of thiocarbonyl (C=S) groups is 1. The van der Waals surface area contributed by atoms with Gasteiger partial charge in [0.1, 0.15) is 0 Å². The van der Waals surface area contributed by atoms with Crippen molar-refractivity contribution in [1.29, 1.82) is 0 Å². The van der Waals surface area contributed by atoms with E-state index in [0.29, 0.717) is 28.0 Å². The van der Waals surface area contributed by atoms with Gasteiger partial charge in [0.05, 0.1) is 0 Å². The molecule has 3 heterocycles. The molecular weight excluding hydrogens is 396 g/mol. The summed E-state index contributed by atoms with van der Waals surface area (Å²) in [6.07, 6.45) is 4.66. The predicted molar refractivity (Wildman–Crippen MR) is 117 cm³/mol. The average molecular weight is 419 g/mol. The fourth-order valence-electron chi connectivity index (χ4n) is 3.37. The van der Waals surface area contributed by atoms with E-state index in [1.54, 1.807) is 6.07 Å². The van der Waals surface area contributed by atoms with Crippen LogP contribution in [0.15, 0.2) is 24.3 Å². The van der Waals surface area contributed by atoms with Gasteiger partial charge < -0.3 is 15.1 Å². The zero-order valence-corrected chi connectivity index (χ0v) is 17.1. The fourth-order valence-corrected chi connectivity index (χ4v) is 3.73. The summed E-state index contributed by atoms with van der Waals surface area (Å²) in [5.41, 5.74) is 6.75. The number of anilines is 4. The highest BCUT2D eigenvalue weighted by atomic mass is 35.5. The topological polar surface area (TPSA) is 81.2 Å². The van der Waals surface area contributed by atoms with E-state index in [1.807, 2.05) is 18.2 Å². The van der Waals surface area contributed by atoms with Crippen LogP contribution in [0.1, 0.15) is 25.7 Å². The number of benzene rings is 1. The monoisotopic (exact) mass is 418 g/mol. The third kappa shape index (κ3) is 4.71. The molecule has 10 heteroatoms. The van der Waals surface area contributed by atoms with E-state index in [1.165, 1.54) is 25.7 Å². The Morgan fingerprint density at radius 3 is 2.11 bits per heavy atom. The van der Waals surface area contributed by atoms with Crippen LogP contribution in [0.25, 0.3) is 0 Å². The van der Waals surface area contributed by atoms with Crippen LogP contribution in [-0.4, -0.2) is 46.2 Å². The van der Waals surface area contributed by atoms with Crippen molar-refractivity contribution in [2.24, 2.45) is 0 Å². The summed E-state index contributed by atoms with van der Waals surface area (Å²) in [5, 5.41) is 4.11.